The van der Waals surface area contributed by atoms with E-state index in [1.807, 2.05) is 31.2 Å². The normalized spacial score (nSPS) is 31.4. The zero-order valence-electron chi connectivity index (χ0n) is 20.7. The van der Waals surface area contributed by atoms with E-state index >= 15 is 0 Å². The second-order valence-electron chi connectivity index (χ2n) is 10.3. The first-order valence-electron chi connectivity index (χ1n) is 13.0. The number of nitrogens with zero attached hydrogens (tertiary/aromatic N) is 1. The molecule has 0 spiro atoms. The summed E-state index contributed by atoms with van der Waals surface area (Å²) in [5, 5.41) is 3.00. The first kappa shape index (κ1) is 24.5. The van der Waals surface area contributed by atoms with Crippen LogP contribution in [0.15, 0.2) is 48.7 Å². The van der Waals surface area contributed by atoms with Gasteiger partial charge >= 0.3 is 12.1 Å². The molecule has 5 rings (SSSR count). The molecule has 7 heteroatoms. The lowest BCUT2D eigenvalue weighted by molar-refractivity contribution is -0.144. The van der Waals surface area contributed by atoms with Gasteiger partial charge in [-0.25, -0.2) is 9.18 Å². The van der Waals surface area contributed by atoms with Gasteiger partial charge < -0.3 is 14.8 Å². The molecule has 0 unspecified atom stereocenters. The molecule has 0 bridgehead atoms. The lowest BCUT2D eigenvalue weighted by Crippen LogP contribution is -2.48. The molecule has 36 heavy (non-hydrogen) atoms. The molecule has 0 radical (unpaired) electrons. The van der Waals surface area contributed by atoms with Gasteiger partial charge in [0.1, 0.15) is 11.9 Å². The van der Waals surface area contributed by atoms with Gasteiger partial charge in [-0.3, -0.25) is 9.78 Å². The quantitative estimate of drug-likeness (QED) is 0.548. The Hall–Kier alpha value is -3.22. The zero-order valence-corrected chi connectivity index (χ0v) is 20.7. The Labute approximate surface area is 211 Å². The van der Waals surface area contributed by atoms with Crippen LogP contribution in [0, 0.1) is 35.4 Å². The van der Waals surface area contributed by atoms with Gasteiger partial charge in [0, 0.05) is 23.7 Å². The Bertz CT molecular complexity index is 1130. The van der Waals surface area contributed by atoms with Crippen molar-refractivity contribution in [3.8, 4) is 11.1 Å². The summed E-state index contributed by atoms with van der Waals surface area (Å²) in [4.78, 5) is 29.2. The lowest BCUT2D eigenvalue weighted by atomic mass is 9.57. The number of carbonyl (C=O) groups excluding carboxylic acids is 2. The largest absolute Gasteiger partial charge is 0.462 e. The second kappa shape index (κ2) is 10.4. The van der Waals surface area contributed by atoms with Gasteiger partial charge in [-0.05, 0) is 87.1 Å². The minimum Gasteiger partial charge on any atom is -0.462 e. The Morgan fingerprint density at radius 2 is 2.08 bits per heavy atom. The maximum absolute atomic E-state index is 13.6. The number of fused-ring (bicyclic) bond motifs is 2. The number of esters is 1. The average molecular weight is 493 g/mol. The fraction of sp³-hybridized carbons (Fsp3) is 0.483. The average Bonchev–Trinajstić information content (AvgIpc) is 3.15. The van der Waals surface area contributed by atoms with Crippen molar-refractivity contribution in [1.82, 2.24) is 10.3 Å². The molecule has 1 aromatic carbocycles. The molecule has 2 aliphatic carbocycles. The molecule has 1 aromatic heterocycles. The van der Waals surface area contributed by atoms with Gasteiger partial charge in [0.15, 0.2) is 0 Å². The molecule has 3 aliphatic rings. The minimum absolute atomic E-state index is 0.0679. The number of rotatable bonds is 5. The fourth-order valence-electron chi connectivity index (χ4n) is 6.64. The van der Waals surface area contributed by atoms with E-state index in [4.69, 9.17) is 9.47 Å². The lowest BCUT2D eigenvalue weighted by Gasteiger charge is -2.47. The number of halogens is 1. The van der Waals surface area contributed by atoms with Gasteiger partial charge in [-0.1, -0.05) is 24.3 Å². The molecule has 2 aromatic rings. The van der Waals surface area contributed by atoms with Crippen molar-refractivity contribution >= 4 is 18.1 Å². The summed E-state index contributed by atoms with van der Waals surface area (Å²) in [7, 11) is 0. The Morgan fingerprint density at radius 1 is 1.22 bits per heavy atom. The number of pyridine rings is 1. The van der Waals surface area contributed by atoms with Crippen molar-refractivity contribution in [1.29, 1.82) is 0 Å². The number of ether oxygens (including phenoxy) is 2. The van der Waals surface area contributed by atoms with E-state index in [1.54, 1.807) is 19.2 Å². The molecule has 2 saturated carbocycles. The van der Waals surface area contributed by atoms with Crippen LogP contribution in [0.4, 0.5) is 9.18 Å². The topological polar surface area (TPSA) is 77.5 Å². The zero-order chi connectivity index (χ0) is 25.2. The first-order chi connectivity index (χ1) is 17.4. The number of carbonyl (C=O) groups is 2. The molecule has 2 heterocycles. The van der Waals surface area contributed by atoms with Gasteiger partial charge in [-0.2, -0.15) is 0 Å². The van der Waals surface area contributed by atoms with E-state index in [9.17, 15) is 14.0 Å². The highest BCUT2D eigenvalue weighted by Crippen LogP contribution is 2.53. The van der Waals surface area contributed by atoms with Gasteiger partial charge in [-0.15, -0.1) is 0 Å². The number of amides is 1. The Kier molecular flexibility index (Phi) is 7.08. The summed E-state index contributed by atoms with van der Waals surface area (Å²) in [5.74, 6) is 0.629. The van der Waals surface area contributed by atoms with Crippen LogP contribution in [-0.2, 0) is 14.3 Å². The van der Waals surface area contributed by atoms with E-state index in [0.717, 1.165) is 42.5 Å². The summed E-state index contributed by atoms with van der Waals surface area (Å²) in [6, 6.07) is 10.4. The summed E-state index contributed by atoms with van der Waals surface area (Å²) in [5.41, 5.74) is 2.48. The number of benzene rings is 1. The molecule has 1 saturated heterocycles. The Balaban J connectivity index is 1.34. The highest BCUT2D eigenvalue weighted by Gasteiger charge is 2.54. The number of hydrogen-bond acceptors (Lipinski definition) is 5. The van der Waals surface area contributed by atoms with Crippen molar-refractivity contribution in [2.75, 3.05) is 6.61 Å². The van der Waals surface area contributed by atoms with E-state index in [1.165, 1.54) is 12.1 Å². The van der Waals surface area contributed by atoms with E-state index in [0.29, 0.717) is 18.4 Å². The molecule has 1 aliphatic heterocycles. The van der Waals surface area contributed by atoms with Crippen LogP contribution >= 0.6 is 0 Å². The Morgan fingerprint density at radius 3 is 2.83 bits per heavy atom. The summed E-state index contributed by atoms with van der Waals surface area (Å²) < 4.78 is 24.3. The van der Waals surface area contributed by atoms with Crippen LogP contribution in [0.1, 0.15) is 45.2 Å². The summed E-state index contributed by atoms with van der Waals surface area (Å²) >= 11 is 0. The highest BCUT2D eigenvalue weighted by atomic mass is 19.1. The minimum atomic E-state index is -0.368. The molecule has 3 fully saturated rings. The predicted molar refractivity (Wildman–Crippen MR) is 134 cm³/mol. The standard InChI is InChI=1S/C29H33FN2O4/c1-3-35-29(34)32-23-10-11-24-20(14-23)15-26-27(17(2)36-28(26)33)25(24)12-9-22-8-7-19(16-31-22)18-5-4-6-21(30)13-18/h4-9,12-13,16-17,20,23-27H,3,10-11,14-15H2,1-2H3,(H,32,34)/b12-9+/t17-,20+,23-,24-,25+,26+,27-/m1/s1. The number of nitrogens with one attached hydrogen (secondary N) is 1. The van der Waals surface area contributed by atoms with E-state index in [-0.39, 0.29) is 47.8 Å². The number of allylic oxidation sites excluding steroid dienone is 1. The van der Waals surface area contributed by atoms with Crippen LogP contribution in [0.5, 0.6) is 0 Å². The van der Waals surface area contributed by atoms with Crippen molar-refractivity contribution in [3.63, 3.8) is 0 Å². The molecular formula is C29H33FN2O4. The smallest absolute Gasteiger partial charge is 0.407 e. The second-order valence-corrected chi connectivity index (χ2v) is 10.3. The first-order valence-corrected chi connectivity index (χ1v) is 13.0. The maximum Gasteiger partial charge on any atom is 0.407 e. The van der Waals surface area contributed by atoms with Crippen LogP contribution in [0.3, 0.4) is 0 Å². The van der Waals surface area contributed by atoms with Crippen molar-refractivity contribution in [3.05, 3.63) is 60.2 Å². The molecule has 7 atom stereocenters. The van der Waals surface area contributed by atoms with Crippen LogP contribution in [-0.4, -0.2) is 35.8 Å². The number of hydrogen-bond donors (Lipinski definition) is 1. The van der Waals surface area contributed by atoms with Gasteiger partial charge in [0.25, 0.3) is 0 Å². The molecule has 1 N–H and O–H groups in total. The number of alkyl carbamates (subject to hydrolysis) is 1. The van der Waals surface area contributed by atoms with Crippen molar-refractivity contribution in [2.45, 2.75) is 51.7 Å². The third kappa shape index (κ3) is 5.01. The SMILES string of the molecule is CCOC(=O)N[C@@H]1CC[C@@H]2[C@@H](C1)C[C@@H]1C(=O)O[C@H](C)[C@@H]1[C@H]2/C=C/c1ccc(-c2cccc(F)c2)cn1. The molecule has 190 valence electrons. The van der Waals surface area contributed by atoms with E-state index in [2.05, 4.69) is 16.4 Å². The molecular weight excluding hydrogens is 459 g/mol. The third-order valence-electron chi connectivity index (χ3n) is 8.18. The molecule has 6 nitrogen and oxygen atoms in total. The maximum atomic E-state index is 13.6. The van der Waals surface area contributed by atoms with Crippen LogP contribution in [0.25, 0.3) is 17.2 Å². The highest BCUT2D eigenvalue weighted by molar-refractivity contribution is 5.75. The number of cyclic esters (lactones) is 1. The monoisotopic (exact) mass is 492 g/mol. The van der Waals surface area contributed by atoms with Gasteiger partial charge in [0.2, 0.25) is 0 Å². The predicted octanol–water partition coefficient (Wildman–Crippen LogP) is 5.63. The third-order valence-corrected chi connectivity index (χ3v) is 8.18. The number of aromatic nitrogens is 1. The summed E-state index contributed by atoms with van der Waals surface area (Å²) in [6.07, 6.45) is 9.07. The fourth-order valence-corrected chi connectivity index (χ4v) is 6.64. The van der Waals surface area contributed by atoms with Crippen LogP contribution < -0.4 is 5.32 Å². The summed E-state index contributed by atoms with van der Waals surface area (Å²) in [6.45, 7) is 4.15. The van der Waals surface area contributed by atoms with Crippen LogP contribution in [0.2, 0.25) is 0 Å². The van der Waals surface area contributed by atoms with Gasteiger partial charge in [0.05, 0.1) is 18.2 Å². The van der Waals surface area contributed by atoms with E-state index < -0.39 is 0 Å². The van der Waals surface area contributed by atoms with Crippen molar-refractivity contribution < 1.29 is 23.5 Å². The van der Waals surface area contributed by atoms with Crippen molar-refractivity contribution in [2.24, 2.45) is 29.6 Å². The molecule has 1 amide bonds.